The van der Waals surface area contributed by atoms with Gasteiger partial charge in [-0.05, 0) is 36.4 Å². The molecular weight excluding hydrogens is 531 g/mol. The lowest BCUT2D eigenvalue weighted by atomic mass is 10.2. The highest BCUT2D eigenvalue weighted by atomic mass is 127. The number of halogens is 1. The monoisotopic (exact) mass is 560 g/mol. The predicted molar refractivity (Wildman–Crippen MR) is 133 cm³/mol. The SMILES string of the molecule is CN=C(NCCNS(=O)(=O)c1cccnc1)N1CCN(c2ccc(OC)cc2)CC1.I. The number of hydrogen-bond acceptors (Lipinski definition) is 6. The summed E-state index contributed by atoms with van der Waals surface area (Å²) in [5, 5.41) is 3.23. The van der Waals surface area contributed by atoms with Crippen LogP contribution in [0.25, 0.3) is 0 Å². The van der Waals surface area contributed by atoms with Crippen LogP contribution in [0, 0.1) is 0 Å². The molecule has 0 radical (unpaired) electrons. The van der Waals surface area contributed by atoms with Gasteiger partial charge in [-0.15, -0.1) is 24.0 Å². The van der Waals surface area contributed by atoms with Crippen molar-refractivity contribution in [2.75, 3.05) is 58.3 Å². The van der Waals surface area contributed by atoms with E-state index >= 15 is 0 Å². The number of benzene rings is 1. The Hall–Kier alpha value is -2.12. The summed E-state index contributed by atoms with van der Waals surface area (Å²) in [5.41, 5.74) is 1.17. The molecule has 3 rings (SSSR count). The second-order valence-corrected chi connectivity index (χ2v) is 8.50. The van der Waals surface area contributed by atoms with Crippen LogP contribution in [0.2, 0.25) is 0 Å². The highest BCUT2D eigenvalue weighted by Gasteiger charge is 2.20. The molecule has 0 amide bonds. The molecule has 2 N–H and O–H groups in total. The van der Waals surface area contributed by atoms with Gasteiger partial charge in [-0.1, -0.05) is 0 Å². The number of rotatable bonds is 7. The zero-order valence-corrected chi connectivity index (χ0v) is 20.8. The Balaban J connectivity index is 0.00000341. The summed E-state index contributed by atoms with van der Waals surface area (Å²) in [6, 6.07) is 11.2. The summed E-state index contributed by atoms with van der Waals surface area (Å²) in [7, 11) is -0.157. The largest absolute Gasteiger partial charge is 0.497 e. The van der Waals surface area contributed by atoms with E-state index in [9.17, 15) is 8.42 Å². The van der Waals surface area contributed by atoms with E-state index in [0.29, 0.717) is 6.54 Å². The lowest BCUT2D eigenvalue weighted by Crippen LogP contribution is -2.53. The summed E-state index contributed by atoms with van der Waals surface area (Å²) in [4.78, 5) is 12.8. The summed E-state index contributed by atoms with van der Waals surface area (Å²) >= 11 is 0. The van der Waals surface area contributed by atoms with E-state index in [-0.39, 0.29) is 35.4 Å². The predicted octanol–water partition coefficient (Wildman–Crippen LogP) is 1.38. The van der Waals surface area contributed by atoms with E-state index < -0.39 is 10.0 Å². The van der Waals surface area contributed by atoms with Gasteiger partial charge in [0.15, 0.2) is 5.96 Å². The zero-order valence-electron chi connectivity index (χ0n) is 17.7. The van der Waals surface area contributed by atoms with Crippen LogP contribution in [-0.4, -0.2) is 77.7 Å². The van der Waals surface area contributed by atoms with Gasteiger partial charge < -0.3 is 19.9 Å². The van der Waals surface area contributed by atoms with Gasteiger partial charge in [0.25, 0.3) is 0 Å². The highest BCUT2D eigenvalue weighted by molar-refractivity contribution is 14.0. The van der Waals surface area contributed by atoms with E-state index in [0.717, 1.165) is 37.9 Å². The van der Waals surface area contributed by atoms with Crippen LogP contribution in [-0.2, 0) is 10.0 Å². The standard InChI is InChI=1S/C20H28N6O3S.HI/c1-21-20(23-10-11-24-30(27,28)19-4-3-9-22-16-19)26-14-12-25(13-15-26)17-5-7-18(29-2)8-6-17;/h3-9,16,24H,10-15H2,1-2H3,(H,21,23);1H. The Morgan fingerprint density at radius 2 is 1.84 bits per heavy atom. The number of aliphatic imine (C=N–C) groups is 1. The molecule has 0 spiro atoms. The first-order chi connectivity index (χ1) is 14.5. The van der Waals surface area contributed by atoms with Crippen LogP contribution in [0.5, 0.6) is 5.75 Å². The molecular formula is C20H29IN6O3S. The van der Waals surface area contributed by atoms with Gasteiger partial charge in [-0.2, -0.15) is 0 Å². The first kappa shape index (κ1) is 25.1. The third-order valence-electron chi connectivity index (χ3n) is 4.87. The molecule has 1 saturated heterocycles. The number of nitrogens with one attached hydrogen (secondary N) is 2. The van der Waals surface area contributed by atoms with Crippen LogP contribution in [0.4, 0.5) is 5.69 Å². The number of nitrogens with zero attached hydrogens (tertiary/aromatic N) is 4. The maximum absolute atomic E-state index is 12.2. The van der Waals surface area contributed by atoms with Gasteiger partial charge in [-0.3, -0.25) is 9.98 Å². The smallest absolute Gasteiger partial charge is 0.242 e. The fraction of sp³-hybridized carbons (Fsp3) is 0.400. The van der Waals surface area contributed by atoms with E-state index in [2.05, 4.69) is 41.9 Å². The number of hydrogen-bond donors (Lipinski definition) is 2. The van der Waals surface area contributed by atoms with Crippen LogP contribution in [0.1, 0.15) is 0 Å². The highest BCUT2D eigenvalue weighted by Crippen LogP contribution is 2.20. The lowest BCUT2D eigenvalue weighted by molar-refractivity contribution is 0.373. The number of pyridine rings is 1. The van der Waals surface area contributed by atoms with Crippen LogP contribution < -0.4 is 19.7 Å². The van der Waals surface area contributed by atoms with Crippen molar-refractivity contribution in [3.05, 3.63) is 48.8 Å². The number of piperazine rings is 1. The Labute approximate surface area is 201 Å². The molecule has 31 heavy (non-hydrogen) atoms. The topological polar surface area (TPSA) is 99.2 Å². The first-order valence-corrected chi connectivity index (χ1v) is 11.3. The number of aromatic nitrogens is 1. The summed E-state index contributed by atoms with van der Waals surface area (Å²) in [6.07, 6.45) is 2.87. The molecule has 1 aromatic heterocycles. The Morgan fingerprint density at radius 1 is 1.13 bits per heavy atom. The van der Waals surface area contributed by atoms with Crippen molar-refractivity contribution in [1.82, 2.24) is 19.9 Å². The second-order valence-electron chi connectivity index (χ2n) is 6.73. The molecule has 1 aliphatic rings. The molecule has 1 aliphatic heterocycles. The number of ether oxygens (including phenoxy) is 1. The second kappa shape index (κ2) is 12.1. The molecule has 1 aromatic carbocycles. The summed E-state index contributed by atoms with van der Waals surface area (Å²) in [5.74, 6) is 1.62. The summed E-state index contributed by atoms with van der Waals surface area (Å²) in [6.45, 7) is 4.09. The molecule has 0 bridgehead atoms. The maximum atomic E-state index is 12.2. The Bertz CT molecular complexity index is 933. The van der Waals surface area contributed by atoms with Crippen molar-refractivity contribution in [3.63, 3.8) is 0 Å². The Kier molecular flexibility index (Phi) is 9.78. The first-order valence-electron chi connectivity index (χ1n) is 9.78. The molecule has 0 atom stereocenters. The molecule has 0 aliphatic carbocycles. The minimum Gasteiger partial charge on any atom is -0.497 e. The average Bonchev–Trinajstić information content (AvgIpc) is 2.80. The van der Waals surface area contributed by atoms with Crippen molar-refractivity contribution in [3.8, 4) is 5.75 Å². The fourth-order valence-electron chi connectivity index (χ4n) is 3.25. The van der Waals surface area contributed by atoms with Gasteiger partial charge in [0.05, 0.1) is 7.11 Å². The molecule has 0 saturated carbocycles. The van der Waals surface area contributed by atoms with Crippen molar-refractivity contribution in [1.29, 1.82) is 0 Å². The molecule has 9 nitrogen and oxygen atoms in total. The lowest BCUT2D eigenvalue weighted by Gasteiger charge is -2.37. The zero-order chi connectivity index (χ0) is 21.4. The molecule has 0 unspecified atom stereocenters. The minimum absolute atomic E-state index is 0. The van der Waals surface area contributed by atoms with Crippen molar-refractivity contribution >= 4 is 45.6 Å². The molecule has 1 fully saturated rings. The quantitative estimate of drug-likeness (QED) is 0.229. The summed E-state index contributed by atoms with van der Waals surface area (Å²) < 4.78 is 32.2. The fourth-order valence-corrected chi connectivity index (χ4v) is 4.25. The van der Waals surface area contributed by atoms with E-state index in [1.54, 1.807) is 26.4 Å². The van der Waals surface area contributed by atoms with Crippen molar-refractivity contribution in [2.24, 2.45) is 4.99 Å². The van der Waals surface area contributed by atoms with E-state index in [1.165, 1.54) is 18.0 Å². The number of sulfonamides is 1. The number of anilines is 1. The minimum atomic E-state index is -3.55. The number of methoxy groups -OCH3 is 1. The molecule has 2 aromatic rings. The average molecular weight is 560 g/mol. The number of guanidine groups is 1. The third kappa shape index (κ3) is 6.94. The van der Waals surface area contributed by atoms with E-state index in [1.807, 2.05) is 12.1 Å². The van der Waals surface area contributed by atoms with Crippen LogP contribution in [0.3, 0.4) is 0 Å². The molecule has 2 heterocycles. The van der Waals surface area contributed by atoms with Crippen LogP contribution in [0.15, 0.2) is 58.7 Å². The van der Waals surface area contributed by atoms with Gasteiger partial charge in [-0.25, -0.2) is 13.1 Å². The van der Waals surface area contributed by atoms with Gasteiger partial charge in [0.2, 0.25) is 10.0 Å². The van der Waals surface area contributed by atoms with Gasteiger partial charge >= 0.3 is 0 Å². The third-order valence-corrected chi connectivity index (χ3v) is 6.32. The molecule has 170 valence electrons. The van der Waals surface area contributed by atoms with Crippen LogP contribution >= 0.6 is 24.0 Å². The normalized spacial score (nSPS) is 14.7. The van der Waals surface area contributed by atoms with Gasteiger partial charge in [0, 0.05) is 64.4 Å². The van der Waals surface area contributed by atoms with E-state index in [4.69, 9.17) is 4.74 Å². The van der Waals surface area contributed by atoms with Crippen molar-refractivity contribution < 1.29 is 13.2 Å². The van der Waals surface area contributed by atoms with Gasteiger partial charge in [0.1, 0.15) is 10.6 Å². The van der Waals surface area contributed by atoms with Crippen molar-refractivity contribution in [2.45, 2.75) is 4.90 Å². The maximum Gasteiger partial charge on any atom is 0.242 e. The molecule has 11 heteroatoms. The Morgan fingerprint density at radius 3 is 2.42 bits per heavy atom.